The lowest BCUT2D eigenvalue weighted by Gasteiger charge is -2.31. The normalized spacial score (nSPS) is 16.4. The topological polar surface area (TPSA) is 41.1 Å². The molecule has 5 heteroatoms. The van der Waals surface area contributed by atoms with Crippen LogP contribution in [0.4, 0.5) is 4.39 Å². The van der Waals surface area contributed by atoms with Gasteiger partial charge in [0, 0.05) is 18.0 Å². The van der Waals surface area contributed by atoms with Crippen molar-refractivity contribution in [2.45, 2.75) is 25.3 Å². The van der Waals surface area contributed by atoms with E-state index in [-0.39, 0.29) is 5.82 Å². The number of methoxy groups -OCH3 is 1. The maximum atomic E-state index is 14.3. The number of halogens is 1. The van der Waals surface area contributed by atoms with Gasteiger partial charge in [0.05, 0.1) is 18.1 Å². The summed E-state index contributed by atoms with van der Waals surface area (Å²) in [6, 6.07) is 13.5. The van der Waals surface area contributed by atoms with E-state index in [1.807, 2.05) is 30.3 Å². The number of nitrogens with zero attached hydrogens (tertiary/aromatic N) is 2. The Kier molecular flexibility index (Phi) is 4.40. The summed E-state index contributed by atoms with van der Waals surface area (Å²) in [5, 5.41) is 0. The molecule has 1 saturated heterocycles. The highest BCUT2D eigenvalue weighted by Crippen LogP contribution is 2.29. The molecule has 0 aliphatic carbocycles. The molecular weight excluding hydrogens is 317 g/mol. The molecule has 0 spiro atoms. The number of H-pyrrole nitrogens is 1. The van der Waals surface area contributed by atoms with Gasteiger partial charge in [-0.15, -0.1) is 0 Å². The molecular formula is C20H22FN3O. The third-order valence-electron chi connectivity index (χ3n) is 5.04. The summed E-state index contributed by atoms with van der Waals surface area (Å²) in [5.41, 5.74) is 2.82. The molecule has 0 saturated carbocycles. The van der Waals surface area contributed by atoms with Crippen LogP contribution in [0.15, 0.2) is 42.5 Å². The van der Waals surface area contributed by atoms with E-state index < -0.39 is 0 Å². The zero-order chi connectivity index (χ0) is 17.2. The van der Waals surface area contributed by atoms with Gasteiger partial charge in [0.2, 0.25) is 0 Å². The van der Waals surface area contributed by atoms with Gasteiger partial charge < -0.3 is 9.72 Å². The van der Waals surface area contributed by atoms with Gasteiger partial charge in [-0.25, -0.2) is 9.37 Å². The van der Waals surface area contributed by atoms with Gasteiger partial charge in [-0.3, -0.25) is 4.90 Å². The van der Waals surface area contributed by atoms with E-state index in [9.17, 15) is 4.39 Å². The van der Waals surface area contributed by atoms with Gasteiger partial charge in [-0.2, -0.15) is 0 Å². The second kappa shape index (κ2) is 6.84. The fourth-order valence-corrected chi connectivity index (χ4v) is 3.61. The minimum Gasteiger partial charge on any atom is -0.494 e. The van der Waals surface area contributed by atoms with Crippen LogP contribution in [0.25, 0.3) is 11.0 Å². The molecule has 25 heavy (non-hydrogen) atoms. The highest BCUT2D eigenvalue weighted by atomic mass is 19.1. The number of hydrogen-bond donors (Lipinski definition) is 1. The highest BCUT2D eigenvalue weighted by molar-refractivity contribution is 5.74. The number of hydrogen-bond acceptors (Lipinski definition) is 3. The Labute approximate surface area is 146 Å². The molecule has 4 nitrogen and oxygen atoms in total. The average molecular weight is 339 g/mol. The lowest BCUT2D eigenvalue weighted by molar-refractivity contribution is 0.199. The van der Waals surface area contributed by atoms with E-state index >= 15 is 0 Å². The number of piperidine rings is 1. The molecule has 1 aliphatic rings. The van der Waals surface area contributed by atoms with Crippen molar-refractivity contribution in [3.05, 3.63) is 59.7 Å². The third-order valence-corrected chi connectivity index (χ3v) is 5.04. The van der Waals surface area contributed by atoms with Crippen LogP contribution in [0.2, 0.25) is 0 Å². The van der Waals surface area contributed by atoms with Crippen molar-refractivity contribution in [2.75, 3.05) is 20.2 Å². The van der Waals surface area contributed by atoms with Crippen LogP contribution < -0.4 is 4.74 Å². The van der Waals surface area contributed by atoms with Crippen molar-refractivity contribution >= 4 is 11.0 Å². The molecule has 1 aromatic heterocycles. The molecule has 2 aromatic carbocycles. The largest absolute Gasteiger partial charge is 0.494 e. The number of benzene rings is 2. The van der Waals surface area contributed by atoms with Crippen molar-refractivity contribution < 1.29 is 9.13 Å². The monoisotopic (exact) mass is 339 g/mol. The molecule has 0 unspecified atom stereocenters. The second-order valence-electron chi connectivity index (χ2n) is 6.62. The predicted octanol–water partition coefficient (Wildman–Crippen LogP) is 4.09. The molecule has 0 atom stereocenters. The van der Waals surface area contributed by atoms with Gasteiger partial charge >= 0.3 is 0 Å². The lowest BCUT2D eigenvalue weighted by Crippen LogP contribution is -2.33. The maximum Gasteiger partial charge on any atom is 0.169 e. The molecule has 1 fully saturated rings. The van der Waals surface area contributed by atoms with E-state index in [1.54, 1.807) is 6.07 Å². The highest BCUT2D eigenvalue weighted by Gasteiger charge is 2.24. The number of likely N-dealkylation sites (tertiary alicyclic amines) is 1. The van der Waals surface area contributed by atoms with Crippen LogP contribution in [-0.2, 0) is 6.54 Å². The van der Waals surface area contributed by atoms with E-state index in [4.69, 9.17) is 9.72 Å². The summed E-state index contributed by atoms with van der Waals surface area (Å²) < 4.78 is 19.4. The number of ether oxygens (including phenoxy) is 1. The summed E-state index contributed by atoms with van der Waals surface area (Å²) in [6.07, 6.45) is 2.07. The number of rotatable bonds is 4. The molecule has 130 valence electrons. The van der Waals surface area contributed by atoms with E-state index in [0.717, 1.165) is 42.8 Å². The fraction of sp³-hybridized carbons (Fsp3) is 0.350. The van der Waals surface area contributed by atoms with Crippen LogP contribution in [0.1, 0.15) is 30.1 Å². The van der Waals surface area contributed by atoms with Crippen LogP contribution in [0.3, 0.4) is 0 Å². The number of aromatic nitrogens is 2. The Balaban J connectivity index is 1.41. The Morgan fingerprint density at radius 1 is 1.16 bits per heavy atom. The van der Waals surface area contributed by atoms with Crippen molar-refractivity contribution in [3.63, 3.8) is 0 Å². The number of nitrogens with one attached hydrogen (secondary N) is 1. The van der Waals surface area contributed by atoms with Crippen molar-refractivity contribution in [3.8, 4) is 5.75 Å². The molecule has 0 radical (unpaired) electrons. The summed E-state index contributed by atoms with van der Waals surface area (Å²) in [6.45, 7) is 2.51. The first kappa shape index (κ1) is 16.1. The standard InChI is InChI=1S/C20H22FN3O/c1-25-18-8-4-5-15(19(18)21)13-24-11-9-14(10-12-24)20-22-16-6-2-3-7-17(16)23-20/h2-8,14H,9-13H2,1H3,(H,22,23). The molecule has 1 aliphatic heterocycles. The minimum absolute atomic E-state index is 0.246. The Morgan fingerprint density at radius 3 is 2.72 bits per heavy atom. The van der Waals surface area contributed by atoms with E-state index in [1.165, 1.54) is 7.11 Å². The molecule has 2 heterocycles. The van der Waals surface area contributed by atoms with Crippen molar-refractivity contribution in [1.29, 1.82) is 0 Å². The second-order valence-corrected chi connectivity index (χ2v) is 6.62. The molecule has 0 amide bonds. The van der Waals surface area contributed by atoms with Crippen molar-refractivity contribution in [1.82, 2.24) is 14.9 Å². The first-order valence-electron chi connectivity index (χ1n) is 8.73. The molecule has 0 bridgehead atoms. The smallest absolute Gasteiger partial charge is 0.169 e. The first-order valence-corrected chi connectivity index (χ1v) is 8.73. The summed E-state index contributed by atoms with van der Waals surface area (Å²) in [5.74, 6) is 1.59. The third kappa shape index (κ3) is 3.24. The Bertz CT molecular complexity index is 835. The predicted molar refractivity (Wildman–Crippen MR) is 96.3 cm³/mol. The SMILES string of the molecule is COc1cccc(CN2CCC(c3nc4ccccc4[nH]3)CC2)c1F. The van der Waals surface area contributed by atoms with Crippen LogP contribution in [0, 0.1) is 5.82 Å². The summed E-state index contributed by atoms with van der Waals surface area (Å²) in [7, 11) is 1.50. The van der Waals surface area contributed by atoms with Crippen LogP contribution in [-0.4, -0.2) is 35.1 Å². The van der Waals surface area contributed by atoms with Gasteiger partial charge in [0.25, 0.3) is 0 Å². The van der Waals surface area contributed by atoms with Gasteiger partial charge in [-0.05, 0) is 44.1 Å². The molecule has 3 aromatic rings. The minimum atomic E-state index is -0.246. The summed E-state index contributed by atoms with van der Waals surface area (Å²) >= 11 is 0. The van der Waals surface area contributed by atoms with Crippen LogP contribution >= 0.6 is 0 Å². The number of aromatic amines is 1. The van der Waals surface area contributed by atoms with Gasteiger partial charge in [0.15, 0.2) is 11.6 Å². The number of fused-ring (bicyclic) bond motifs is 1. The summed E-state index contributed by atoms with van der Waals surface area (Å²) in [4.78, 5) is 10.5. The van der Waals surface area contributed by atoms with Gasteiger partial charge in [0.1, 0.15) is 5.82 Å². The number of imidazole rings is 1. The molecule has 4 rings (SSSR count). The quantitative estimate of drug-likeness (QED) is 0.778. The van der Waals surface area contributed by atoms with E-state index in [0.29, 0.717) is 23.8 Å². The zero-order valence-corrected chi connectivity index (χ0v) is 14.3. The zero-order valence-electron chi connectivity index (χ0n) is 14.3. The lowest BCUT2D eigenvalue weighted by atomic mass is 9.96. The van der Waals surface area contributed by atoms with Crippen LogP contribution in [0.5, 0.6) is 5.75 Å². The van der Waals surface area contributed by atoms with E-state index in [2.05, 4.69) is 16.0 Å². The maximum absolute atomic E-state index is 14.3. The molecule has 1 N–H and O–H groups in total. The fourth-order valence-electron chi connectivity index (χ4n) is 3.61. The first-order chi connectivity index (χ1) is 12.2. The van der Waals surface area contributed by atoms with Crippen molar-refractivity contribution in [2.24, 2.45) is 0 Å². The number of para-hydroxylation sites is 2. The Morgan fingerprint density at radius 2 is 1.96 bits per heavy atom. The van der Waals surface area contributed by atoms with Gasteiger partial charge in [-0.1, -0.05) is 24.3 Å². The Hall–Kier alpha value is -2.40. The average Bonchev–Trinajstić information content (AvgIpc) is 3.08.